The molecule has 0 saturated heterocycles. The number of fused-ring (bicyclic) bond motifs is 5. The van der Waals surface area contributed by atoms with Crippen molar-refractivity contribution in [2.45, 2.75) is 117 Å². The van der Waals surface area contributed by atoms with E-state index in [0.717, 1.165) is 32.1 Å². The highest BCUT2D eigenvalue weighted by atomic mass is 16.6. The largest absolute Gasteiger partial charge is 0.513 e. The van der Waals surface area contributed by atoms with Crippen molar-refractivity contribution in [3.05, 3.63) is 12.3 Å². The third-order valence-corrected chi connectivity index (χ3v) is 11.1. The summed E-state index contributed by atoms with van der Waals surface area (Å²) < 4.78 is 5.80. The van der Waals surface area contributed by atoms with Gasteiger partial charge in [-0.2, -0.15) is 0 Å². The van der Waals surface area contributed by atoms with Crippen molar-refractivity contribution in [2.75, 3.05) is 0 Å². The van der Waals surface area contributed by atoms with Crippen LogP contribution in [0.15, 0.2) is 12.3 Å². The molecule has 4 rings (SSSR count). The van der Waals surface area contributed by atoms with Gasteiger partial charge in [0.25, 0.3) is 0 Å². The lowest BCUT2D eigenvalue weighted by Gasteiger charge is -2.62. The predicted octanol–water partition coefficient (Wildman–Crippen LogP) is 6.61. The summed E-state index contributed by atoms with van der Waals surface area (Å²) in [5, 5.41) is 24.2. The first kappa shape index (κ1) is 25.9. The van der Waals surface area contributed by atoms with E-state index in [9.17, 15) is 15.0 Å². The number of hydrogen-bond donors (Lipinski definition) is 3. The molecule has 5 heteroatoms. The van der Waals surface area contributed by atoms with Crippen molar-refractivity contribution in [3.8, 4) is 0 Å². The van der Waals surface area contributed by atoms with Crippen molar-refractivity contribution >= 4 is 6.09 Å². The maximum absolute atomic E-state index is 12.2. The lowest BCUT2D eigenvalue weighted by Crippen LogP contribution is -2.59. The first-order valence-electron chi connectivity index (χ1n) is 14.0. The van der Waals surface area contributed by atoms with E-state index < -0.39 is 0 Å². The van der Waals surface area contributed by atoms with Gasteiger partial charge in [-0.1, -0.05) is 27.4 Å². The molecule has 34 heavy (non-hydrogen) atoms. The van der Waals surface area contributed by atoms with E-state index >= 15 is 0 Å². The summed E-state index contributed by atoms with van der Waals surface area (Å²) in [7, 11) is 0. The molecule has 0 bridgehead atoms. The summed E-state index contributed by atoms with van der Waals surface area (Å²) in [4.78, 5) is 12.2. The van der Waals surface area contributed by atoms with Crippen LogP contribution in [0.2, 0.25) is 0 Å². The van der Waals surface area contributed by atoms with Crippen LogP contribution in [0.4, 0.5) is 4.79 Å². The van der Waals surface area contributed by atoms with Crippen LogP contribution in [0.5, 0.6) is 0 Å². The number of aliphatic hydroxyl groups is 2. The van der Waals surface area contributed by atoms with Crippen molar-refractivity contribution in [3.63, 3.8) is 0 Å². The van der Waals surface area contributed by atoms with Gasteiger partial charge in [-0.25, -0.2) is 4.79 Å². The Balaban J connectivity index is 1.46. The van der Waals surface area contributed by atoms with Gasteiger partial charge in [0.05, 0.1) is 11.9 Å². The number of carbonyl (C=O) groups is 1. The Morgan fingerprint density at radius 1 is 1.09 bits per heavy atom. The van der Waals surface area contributed by atoms with Crippen LogP contribution in [0, 0.1) is 46.3 Å². The average molecular weight is 476 g/mol. The fourth-order valence-corrected chi connectivity index (χ4v) is 9.27. The van der Waals surface area contributed by atoms with Crippen LogP contribution in [0.1, 0.15) is 98.8 Å². The Labute approximate surface area is 207 Å². The van der Waals surface area contributed by atoms with Gasteiger partial charge < -0.3 is 20.3 Å². The molecular weight excluding hydrogens is 426 g/mol. The van der Waals surface area contributed by atoms with Gasteiger partial charge in [0.15, 0.2) is 0 Å². The Morgan fingerprint density at radius 3 is 2.50 bits per heavy atom. The summed E-state index contributed by atoms with van der Waals surface area (Å²) in [6.45, 7) is 14.8. The zero-order valence-electron chi connectivity index (χ0n) is 22.2. The first-order chi connectivity index (χ1) is 16.0. The van der Waals surface area contributed by atoms with Gasteiger partial charge in [-0.3, -0.25) is 0 Å². The number of carbonyl (C=O) groups excluding carboxylic acids is 1. The summed E-state index contributed by atoms with van der Waals surface area (Å²) >= 11 is 0. The van der Waals surface area contributed by atoms with Gasteiger partial charge in [0.1, 0.15) is 6.10 Å². The van der Waals surface area contributed by atoms with Crippen LogP contribution >= 0.6 is 0 Å². The standard InChI is InChI=1S/C29H49NO4/c1-17(2)30-27(33)34-21-13-14-28(5)20(15-21)9-10-22-24-12-11-23(18(3)7-8-19(4)31)29(24,6)26(32)16-25(22)28/h17-18,20-26,31-32H,4,7-16H2,1-3,5-6H3,(H,30,33)/t18-,20-,21-,22+,23-,24+,25+,26+,28+,29-/m1/s1. The van der Waals surface area contributed by atoms with Gasteiger partial charge >= 0.3 is 6.09 Å². The molecule has 5 nitrogen and oxygen atoms in total. The SMILES string of the molecule is C=C(O)CC[C@@H](C)[C@H]1CC[C@H]2[C@@H]3CC[C@@H]4C[C@H](OC(=O)NC(C)C)CC[C@]4(C)[C@H]3C[C@H](O)[C@]12C. The van der Waals surface area contributed by atoms with E-state index in [4.69, 9.17) is 4.74 Å². The van der Waals surface area contributed by atoms with Gasteiger partial charge in [-0.05, 0) is 118 Å². The van der Waals surface area contributed by atoms with E-state index in [2.05, 4.69) is 32.7 Å². The highest BCUT2D eigenvalue weighted by molar-refractivity contribution is 5.67. The Morgan fingerprint density at radius 2 is 1.82 bits per heavy atom. The summed E-state index contributed by atoms with van der Waals surface area (Å²) in [6, 6.07) is 0.0928. The summed E-state index contributed by atoms with van der Waals surface area (Å²) in [6.07, 6.45) is 9.90. The zero-order valence-corrected chi connectivity index (χ0v) is 22.2. The van der Waals surface area contributed by atoms with Crippen molar-refractivity contribution in [1.82, 2.24) is 5.32 Å². The van der Waals surface area contributed by atoms with Crippen molar-refractivity contribution in [2.24, 2.45) is 46.3 Å². The molecule has 4 aliphatic rings. The molecule has 1 amide bonds. The highest BCUT2D eigenvalue weighted by Gasteiger charge is 2.63. The minimum absolute atomic E-state index is 0.0180. The second kappa shape index (κ2) is 9.67. The molecular formula is C29H49NO4. The third kappa shape index (κ3) is 4.51. The van der Waals surface area contributed by atoms with Crippen LogP contribution < -0.4 is 5.32 Å². The molecule has 0 unspecified atom stereocenters. The molecule has 0 aromatic heterocycles. The molecule has 3 N–H and O–H groups in total. The molecule has 0 aliphatic heterocycles. The molecule has 194 valence electrons. The van der Waals surface area contributed by atoms with Gasteiger partial charge in [0, 0.05) is 12.5 Å². The molecule has 4 aliphatic carbocycles. The maximum Gasteiger partial charge on any atom is 0.407 e. The minimum atomic E-state index is -0.281. The number of ether oxygens (including phenoxy) is 1. The number of hydrogen-bond acceptors (Lipinski definition) is 4. The lowest BCUT2D eigenvalue weighted by atomic mass is 9.43. The fraction of sp³-hybridized carbons (Fsp3) is 0.897. The first-order valence-corrected chi connectivity index (χ1v) is 14.0. The average Bonchev–Trinajstić information content (AvgIpc) is 3.11. The molecule has 0 spiro atoms. The van der Waals surface area contributed by atoms with Gasteiger partial charge in [-0.15, -0.1) is 0 Å². The van der Waals surface area contributed by atoms with E-state index in [1.165, 1.54) is 25.7 Å². The Bertz CT molecular complexity index is 767. The van der Waals surface area contributed by atoms with Crippen LogP contribution in [0.3, 0.4) is 0 Å². The van der Waals surface area contributed by atoms with Crippen LogP contribution in [-0.2, 0) is 4.74 Å². The number of alkyl carbamates (subject to hydrolysis) is 1. The molecule has 4 saturated carbocycles. The maximum atomic E-state index is 12.2. The second-order valence-electron chi connectivity index (χ2n) is 13.1. The quantitative estimate of drug-likeness (QED) is 0.378. The lowest BCUT2D eigenvalue weighted by molar-refractivity contribution is -0.174. The number of amides is 1. The normalized spacial score (nSPS) is 44.5. The van der Waals surface area contributed by atoms with Crippen molar-refractivity contribution < 1.29 is 19.7 Å². The van der Waals surface area contributed by atoms with Crippen LogP contribution in [-0.4, -0.2) is 34.6 Å². The van der Waals surface area contributed by atoms with Crippen molar-refractivity contribution in [1.29, 1.82) is 0 Å². The van der Waals surface area contributed by atoms with E-state index in [1.807, 2.05) is 13.8 Å². The molecule has 0 aromatic carbocycles. The molecule has 4 fully saturated rings. The van der Waals surface area contributed by atoms with Crippen LogP contribution in [0.25, 0.3) is 0 Å². The fourth-order valence-electron chi connectivity index (χ4n) is 9.27. The summed E-state index contributed by atoms with van der Waals surface area (Å²) in [5.41, 5.74) is 0.216. The molecule has 0 radical (unpaired) electrons. The highest BCUT2D eigenvalue weighted by Crippen LogP contribution is 2.68. The Hall–Kier alpha value is -1.23. The molecule has 0 heterocycles. The molecule has 0 aromatic rings. The predicted molar refractivity (Wildman–Crippen MR) is 135 cm³/mol. The van der Waals surface area contributed by atoms with Gasteiger partial charge in [0.2, 0.25) is 0 Å². The second-order valence-corrected chi connectivity index (χ2v) is 13.1. The summed E-state index contributed by atoms with van der Waals surface area (Å²) in [5.74, 6) is 3.71. The smallest absolute Gasteiger partial charge is 0.407 e. The zero-order chi connectivity index (χ0) is 24.8. The van der Waals surface area contributed by atoms with E-state index in [-0.39, 0.29) is 40.9 Å². The minimum Gasteiger partial charge on any atom is -0.513 e. The molecule has 10 atom stereocenters. The third-order valence-electron chi connectivity index (χ3n) is 11.1. The van der Waals surface area contributed by atoms with E-state index in [1.54, 1.807) is 0 Å². The number of rotatable bonds is 6. The number of nitrogens with one attached hydrogen (secondary N) is 1. The number of aliphatic hydroxyl groups excluding tert-OH is 2. The Kier molecular flexibility index (Phi) is 7.35. The topological polar surface area (TPSA) is 78.8 Å². The monoisotopic (exact) mass is 475 g/mol. The number of allylic oxidation sites excluding steroid dienone is 1. The van der Waals surface area contributed by atoms with E-state index in [0.29, 0.717) is 41.9 Å².